The summed E-state index contributed by atoms with van der Waals surface area (Å²) in [6.45, 7) is 0.118. The lowest BCUT2D eigenvalue weighted by molar-refractivity contribution is -0.384. The zero-order chi connectivity index (χ0) is 25.6. The lowest BCUT2D eigenvalue weighted by Crippen LogP contribution is -2.37. The Kier molecular flexibility index (Phi) is 6.62. The molecule has 0 aromatic heterocycles. The standard InChI is InChI=1S/C27H24Cl2N2O5/c1-30-20-4-2-6-22(32)25(20)24(26-21(30)5-3-7-23(26)33)16-12-18(28)27(19(29)13-16)36-14-15-8-10-17(11-9-15)31(34)35/h8-13,24H,2-7,14H2,1H3. The van der Waals surface area contributed by atoms with Crippen LogP contribution < -0.4 is 4.74 Å². The number of halogens is 2. The van der Waals surface area contributed by atoms with Gasteiger partial charge in [0.25, 0.3) is 5.69 Å². The van der Waals surface area contributed by atoms with Crippen LogP contribution in [0.1, 0.15) is 55.6 Å². The maximum absolute atomic E-state index is 13.1. The Morgan fingerprint density at radius 3 is 1.97 bits per heavy atom. The van der Waals surface area contributed by atoms with Crippen LogP contribution in [-0.4, -0.2) is 28.4 Å². The van der Waals surface area contributed by atoms with Gasteiger partial charge in [-0.25, -0.2) is 0 Å². The van der Waals surface area contributed by atoms with Crippen LogP contribution in [0.3, 0.4) is 0 Å². The summed E-state index contributed by atoms with van der Waals surface area (Å²) in [5.41, 5.74) is 4.72. The highest BCUT2D eigenvalue weighted by Crippen LogP contribution is 2.50. The van der Waals surface area contributed by atoms with Crippen LogP contribution in [0.15, 0.2) is 58.9 Å². The molecule has 0 amide bonds. The summed E-state index contributed by atoms with van der Waals surface area (Å²) in [5.74, 6) is -0.0974. The van der Waals surface area contributed by atoms with Gasteiger partial charge in [-0.3, -0.25) is 19.7 Å². The topological polar surface area (TPSA) is 89.8 Å². The Balaban J connectivity index is 1.50. The Bertz CT molecular complexity index is 1280. The van der Waals surface area contributed by atoms with Gasteiger partial charge in [-0.05, 0) is 61.1 Å². The Labute approximate surface area is 218 Å². The Morgan fingerprint density at radius 2 is 1.47 bits per heavy atom. The lowest BCUT2D eigenvalue weighted by atomic mass is 9.71. The summed E-state index contributed by atoms with van der Waals surface area (Å²) >= 11 is 13.3. The van der Waals surface area contributed by atoms with E-state index in [0.717, 1.165) is 42.6 Å². The molecule has 0 saturated heterocycles. The number of nitrogens with zero attached hydrogens (tertiary/aromatic N) is 2. The second-order valence-corrected chi connectivity index (χ2v) is 10.1. The molecule has 0 saturated carbocycles. The predicted molar refractivity (Wildman–Crippen MR) is 136 cm³/mol. The molecule has 2 aliphatic carbocycles. The summed E-state index contributed by atoms with van der Waals surface area (Å²) in [7, 11) is 1.95. The molecule has 0 fully saturated rings. The van der Waals surface area contributed by atoms with E-state index in [4.69, 9.17) is 27.9 Å². The zero-order valence-corrected chi connectivity index (χ0v) is 21.2. The lowest BCUT2D eigenvalue weighted by Gasteiger charge is -2.42. The predicted octanol–water partition coefficient (Wildman–Crippen LogP) is 6.52. The van der Waals surface area contributed by atoms with Gasteiger partial charge in [-0.15, -0.1) is 0 Å². The molecule has 3 aliphatic rings. The number of rotatable bonds is 5. The van der Waals surface area contributed by atoms with E-state index in [1.165, 1.54) is 12.1 Å². The number of carbonyl (C=O) groups excluding carboxylic acids is 2. The number of non-ortho nitro benzene ring substituents is 1. The Hall–Kier alpha value is -3.16. The van der Waals surface area contributed by atoms with Crippen LogP contribution in [0.5, 0.6) is 5.75 Å². The van der Waals surface area contributed by atoms with Crippen LogP contribution in [0.4, 0.5) is 5.69 Å². The Morgan fingerprint density at radius 1 is 0.944 bits per heavy atom. The number of carbonyl (C=O) groups is 2. The molecular weight excluding hydrogens is 503 g/mol. The third-order valence-electron chi connectivity index (χ3n) is 7.13. The van der Waals surface area contributed by atoms with Gasteiger partial charge in [0.15, 0.2) is 17.3 Å². The fourth-order valence-electron chi connectivity index (χ4n) is 5.44. The van der Waals surface area contributed by atoms with Gasteiger partial charge < -0.3 is 9.64 Å². The molecule has 0 N–H and O–H groups in total. The van der Waals surface area contributed by atoms with Crippen LogP contribution in [0.25, 0.3) is 0 Å². The van der Waals surface area contributed by atoms with E-state index >= 15 is 0 Å². The van der Waals surface area contributed by atoms with Crippen molar-refractivity contribution in [2.45, 2.75) is 51.0 Å². The molecule has 0 bridgehead atoms. The first-order valence-corrected chi connectivity index (χ1v) is 12.6. The average molecular weight is 527 g/mol. The molecule has 2 aromatic carbocycles. The first-order valence-electron chi connectivity index (χ1n) is 11.9. The largest absolute Gasteiger partial charge is 0.486 e. The molecule has 186 valence electrons. The number of benzene rings is 2. The van der Waals surface area contributed by atoms with Crippen molar-refractivity contribution in [2.24, 2.45) is 0 Å². The van der Waals surface area contributed by atoms with Crippen molar-refractivity contribution >= 4 is 40.5 Å². The van der Waals surface area contributed by atoms with E-state index in [0.29, 0.717) is 29.6 Å². The molecule has 5 rings (SSSR count). The molecule has 1 aliphatic heterocycles. The molecule has 0 unspecified atom stereocenters. The molecule has 1 heterocycles. The van der Waals surface area contributed by atoms with Crippen LogP contribution >= 0.6 is 23.2 Å². The highest BCUT2D eigenvalue weighted by Gasteiger charge is 2.42. The minimum Gasteiger partial charge on any atom is -0.486 e. The summed E-state index contributed by atoms with van der Waals surface area (Å²) < 4.78 is 5.87. The number of hydrogen-bond donors (Lipinski definition) is 0. The first kappa shape index (κ1) is 24.5. The number of allylic oxidation sites excluding steroid dienone is 4. The van der Waals surface area contributed by atoms with Crippen molar-refractivity contribution in [3.8, 4) is 5.75 Å². The summed E-state index contributed by atoms with van der Waals surface area (Å²) in [6, 6.07) is 9.49. The average Bonchev–Trinajstić information content (AvgIpc) is 2.85. The molecule has 7 nitrogen and oxygen atoms in total. The van der Waals surface area contributed by atoms with Crippen molar-refractivity contribution in [1.82, 2.24) is 4.90 Å². The van der Waals surface area contributed by atoms with Gasteiger partial charge in [-0.2, -0.15) is 0 Å². The fourth-order valence-corrected chi connectivity index (χ4v) is 6.05. The SMILES string of the molecule is CN1C2=C(C(=O)CCC2)C(c2cc(Cl)c(OCc3ccc([N+](=O)[O-])cc3)c(Cl)c2)C2=C1CCCC2=O. The number of ketones is 2. The maximum atomic E-state index is 13.1. The third-order valence-corrected chi connectivity index (χ3v) is 7.69. The van der Waals surface area contributed by atoms with Gasteiger partial charge in [0, 0.05) is 60.5 Å². The van der Waals surface area contributed by atoms with Crippen molar-refractivity contribution in [2.75, 3.05) is 7.05 Å². The van der Waals surface area contributed by atoms with Gasteiger partial charge in [0.05, 0.1) is 15.0 Å². The molecule has 0 spiro atoms. The van der Waals surface area contributed by atoms with Crippen molar-refractivity contribution in [3.63, 3.8) is 0 Å². The highest BCUT2D eigenvalue weighted by molar-refractivity contribution is 6.37. The number of nitro benzene ring substituents is 1. The van der Waals surface area contributed by atoms with Crippen molar-refractivity contribution < 1.29 is 19.2 Å². The highest BCUT2D eigenvalue weighted by atomic mass is 35.5. The quantitative estimate of drug-likeness (QED) is 0.325. The third kappa shape index (κ3) is 4.31. The zero-order valence-electron chi connectivity index (χ0n) is 19.7. The van der Waals surface area contributed by atoms with Crippen LogP contribution in [0.2, 0.25) is 10.0 Å². The number of ether oxygens (including phenoxy) is 1. The van der Waals surface area contributed by atoms with Crippen LogP contribution in [-0.2, 0) is 16.2 Å². The van der Waals surface area contributed by atoms with Gasteiger partial charge in [0.2, 0.25) is 0 Å². The molecular formula is C27H24Cl2N2O5. The summed E-state index contributed by atoms with van der Waals surface area (Å²) in [5, 5.41) is 11.4. The number of hydrogen-bond acceptors (Lipinski definition) is 6. The smallest absolute Gasteiger partial charge is 0.269 e. The van der Waals surface area contributed by atoms with E-state index in [1.807, 2.05) is 7.05 Å². The minimum absolute atomic E-state index is 0.00541. The maximum Gasteiger partial charge on any atom is 0.269 e. The van der Waals surface area contributed by atoms with Crippen molar-refractivity contribution in [1.29, 1.82) is 0 Å². The molecule has 2 aromatic rings. The number of Topliss-reactive ketones (excluding diaryl/α,β-unsaturated/α-hetero) is 2. The summed E-state index contributed by atoms with van der Waals surface area (Å²) in [6.07, 6.45) is 4.08. The van der Waals surface area contributed by atoms with Crippen molar-refractivity contribution in [3.05, 3.63) is 90.2 Å². The van der Waals surface area contributed by atoms with Crippen LogP contribution in [0, 0.1) is 10.1 Å². The van der Waals surface area contributed by atoms with Gasteiger partial charge in [0.1, 0.15) is 6.61 Å². The molecule has 36 heavy (non-hydrogen) atoms. The molecule has 9 heteroatoms. The van der Waals surface area contributed by atoms with Gasteiger partial charge >= 0.3 is 0 Å². The normalized spacial score (nSPS) is 18.4. The second kappa shape index (κ2) is 9.71. The van der Waals surface area contributed by atoms with E-state index in [2.05, 4.69) is 4.90 Å². The van der Waals surface area contributed by atoms with Gasteiger partial charge in [-0.1, -0.05) is 23.2 Å². The monoisotopic (exact) mass is 526 g/mol. The first-order chi connectivity index (χ1) is 17.3. The van der Waals surface area contributed by atoms with E-state index in [1.54, 1.807) is 24.3 Å². The molecule has 0 atom stereocenters. The van der Waals surface area contributed by atoms with E-state index < -0.39 is 10.8 Å². The second-order valence-electron chi connectivity index (χ2n) is 9.29. The minimum atomic E-state index is -0.495. The van der Waals surface area contributed by atoms with E-state index in [9.17, 15) is 19.7 Å². The number of nitro groups is 1. The fraction of sp³-hybridized carbons (Fsp3) is 0.333. The summed E-state index contributed by atoms with van der Waals surface area (Å²) in [4.78, 5) is 38.8. The van der Waals surface area contributed by atoms with E-state index in [-0.39, 0.29) is 39.7 Å². The molecule has 0 radical (unpaired) electrons.